The summed E-state index contributed by atoms with van der Waals surface area (Å²) in [5, 5.41) is 9.80. The molecule has 206 valence electrons. The zero-order chi connectivity index (χ0) is 28.2. The van der Waals surface area contributed by atoms with Crippen molar-refractivity contribution in [3.63, 3.8) is 0 Å². The van der Waals surface area contributed by atoms with Crippen molar-refractivity contribution >= 4 is 18.2 Å². The van der Waals surface area contributed by atoms with Crippen LogP contribution in [0.1, 0.15) is 53.1 Å². The van der Waals surface area contributed by atoms with Crippen molar-refractivity contribution in [2.45, 2.75) is 56.4 Å². The number of benzene rings is 2. The Morgan fingerprint density at radius 1 is 0.895 bits per heavy atom. The Bertz CT molecular complexity index is 1200. The van der Waals surface area contributed by atoms with E-state index in [1.165, 1.54) is 0 Å². The van der Waals surface area contributed by atoms with Gasteiger partial charge in [-0.1, -0.05) is 0 Å². The summed E-state index contributed by atoms with van der Waals surface area (Å²) >= 11 is 0. The molecule has 0 radical (unpaired) electrons. The van der Waals surface area contributed by atoms with Crippen molar-refractivity contribution in [2.24, 2.45) is 5.92 Å². The van der Waals surface area contributed by atoms with E-state index in [4.69, 9.17) is 0 Å². The molecule has 2 amide bonds. The van der Waals surface area contributed by atoms with Gasteiger partial charge in [0.05, 0.1) is 28.4 Å². The van der Waals surface area contributed by atoms with E-state index in [0.717, 1.165) is 15.9 Å². The van der Waals surface area contributed by atoms with Gasteiger partial charge in [0.2, 0.25) is 6.41 Å². The molecule has 0 bridgehead atoms. The summed E-state index contributed by atoms with van der Waals surface area (Å²) in [6.45, 7) is -0.790. The van der Waals surface area contributed by atoms with Gasteiger partial charge in [0.25, 0.3) is 0 Å². The van der Waals surface area contributed by atoms with Crippen molar-refractivity contribution in [3.05, 3.63) is 64.2 Å². The van der Waals surface area contributed by atoms with E-state index < -0.39 is 65.5 Å². The smallest absolute Gasteiger partial charge is 0.416 e. The third-order valence-electron chi connectivity index (χ3n) is 6.69. The van der Waals surface area contributed by atoms with Gasteiger partial charge < -0.3 is 10.0 Å². The maximum absolute atomic E-state index is 13.5. The maximum atomic E-state index is 13.5. The quantitative estimate of drug-likeness (QED) is 0.317. The molecule has 1 saturated carbocycles. The van der Waals surface area contributed by atoms with Gasteiger partial charge in [-0.2, -0.15) is 39.5 Å². The van der Waals surface area contributed by atoms with E-state index in [1.807, 2.05) is 0 Å². The molecule has 5 nitrogen and oxygen atoms in total. The summed E-state index contributed by atoms with van der Waals surface area (Å²) in [5.41, 5.74) is -5.27. The molecule has 1 heterocycles. The summed E-state index contributed by atoms with van der Waals surface area (Å²) in [6.07, 6.45) is -15.4. The van der Waals surface area contributed by atoms with E-state index >= 15 is 0 Å². The van der Waals surface area contributed by atoms with Crippen LogP contribution < -0.4 is 4.90 Å². The highest BCUT2D eigenvalue weighted by Gasteiger charge is 2.46. The summed E-state index contributed by atoms with van der Waals surface area (Å²) in [7, 11) is 0. The summed E-state index contributed by atoms with van der Waals surface area (Å²) in [6, 6.07) is 1.08. The van der Waals surface area contributed by atoms with Crippen LogP contribution in [0.2, 0.25) is 0 Å². The molecule has 0 spiro atoms. The van der Waals surface area contributed by atoms with Crippen LogP contribution in [0.4, 0.5) is 50.0 Å². The number of hydrogen-bond acceptors (Lipinski definition) is 2. The zero-order valence-corrected chi connectivity index (χ0v) is 19.2. The first-order valence-corrected chi connectivity index (χ1v) is 11.2. The number of carbonyl (C=O) groups is 2. The average molecular weight is 554 g/mol. The zero-order valence-electron chi connectivity index (χ0n) is 19.2. The molecule has 1 N–H and O–H groups in total. The Hall–Kier alpha value is -3.45. The van der Waals surface area contributed by atoms with Crippen molar-refractivity contribution in [3.8, 4) is 0 Å². The highest BCUT2D eigenvalue weighted by atomic mass is 19.4. The second kappa shape index (κ2) is 9.38. The van der Waals surface area contributed by atoms with Crippen molar-refractivity contribution in [1.82, 2.24) is 4.90 Å². The fourth-order valence-electron chi connectivity index (χ4n) is 4.84. The molecule has 2 unspecified atom stereocenters. The molecule has 14 heteroatoms. The lowest BCUT2D eigenvalue weighted by atomic mass is 9.86. The number of amides is 2. The molecule has 0 saturated heterocycles. The molecule has 38 heavy (non-hydrogen) atoms. The van der Waals surface area contributed by atoms with Gasteiger partial charge in [0, 0.05) is 12.6 Å². The van der Waals surface area contributed by atoms with E-state index in [9.17, 15) is 54.2 Å². The fourth-order valence-corrected chi connectivity index (χ4v) is 4.84. The minimum atomic E-state index is -5.14. The second-order valence-electron chi connectivity index (χ2n) is 9.27. The monoisotopic (exact) mass is 554 g/mol. The van der Waals surface area contributed by atoms with Gasteiger partial charge in [-0.15, -0.1) is 0 Å². The lowest BCUT2D eigenvalue weighted by molar-refractivity contribution is -0.143. The fraction of sp³-hybridized carbons (Fsp3) is 0.417. The topological polar surface area (TPSA) is 60.9 Å². The maximum Gasteiger partial charge on any atom is 0.416 e. The summed E-state index contributed by atoms with van der Waals surface area (Å²) in [4.78, 5) is 25.9. The Morgan fingerprint density at radius 2 is 1.45 bits per heavy atom. The third kappa shape index (κ3) is 5.53. The standard InChI is InChI=1S/C24H19F9N2O3/c25-22(26,27)14-3-4-18-17(8-14)20(9-19(13-1-2-13)35(18)21(37)38)34(11-36)10-12-5-15(23(28,29)30)7-16(6-12)24(31,32)33/h3-8,11,13,19-20H,1-2,9-10H2,(H,37,38). The van der Waals surface area contributed by atoms with Crippen molar-refractivity contribution < 1.29 is 54.2 Å². The Morgan fingerprint density at radius 3 is 1.89 bits per heavy atom. The van der Waals surface area contributed by atoms with E-state index in [0.29, 0.717) is 37.1 Å². The van der Waals surface area contributed by atoms with Crippen LogP contribution in [0.3, 0.4) is 0 Å². The van der Waals surface area contributed by atoms with Crippen LogP contribution in [0.15, 0.2) is 36.4 Å². The highest BCUT2D eigenvalue weighted by Crippen LogP contribution is 2.49. The van der Waals surface area contributed by atoms with Crippen LogP contribution in [0.5, 0.6) is 0 Å². The van der Waals surface area contributed by atoms with Gasteiger partial charge in [0.15, 0.2) is 0 Å². The first-order valence-electron chi connectivity index (χ1n) is 11.2. The van der Waals surface area contributed by atoms with E-state index in [-0.39, 0.29) is 36.1 Å². The van der Waals surface area contributed by atoms with Crippen molar-refractivity contribution in [2.75, 3.05) is 4.90 Å². The molecule has 2 aliphatic rings. The number of nitrogens with zero attached hydrogens (tertiary/aromatic N) is 2. The molecule has 2 aromatic carbocycles. The first kappa shape index (κ1) is 27.6. The Labute approximate surface area is 209 Å². The highest BCUT2D eigenvalue weighted by molar-refractivity contribution is 5.89. The predicted molar refractivity (Wildman–Crippen MR) is 114 cm³/mol. The Balaban J connectivity index is 1.81. The van der Waals surface area contributed by atoms with Crippen LogP contribution in [0.25, 0.3) is 0 Å². The van der Waals surface area contributed by atoms with Crippen molar-refractivity contribution in [1.29, 1.82) is 0 Å². The number of carboxylic acid groups (broad SMARTS) is 1. The largest absolute Gasteiger partial charge is 0.465 e. The minimum Gasteiger partial charge on any atom is -0.465 e. The van der Waals surface area contributed by atoms with Crippen LogP contribution in [-0.2, 0) is 29.9 Å². The second-order valence-corrected chi connectivity index (χ2v) is 9.27. The number of anilines is 1. The van der Waals surface area contributed by atoms with Gasteiger partial charge in [0.1, 0.15) is 0 Å². The molecule has 1 fully saturated rings. The lowest BCUT2D eigenvalue weighted by Gasteiger charge is -2.43. The van der Waals surface area contributed by atoms with Gasteiger partial charge in [-0.05, 0) is 72.7 Å². The first-order chi connectivity index (χ1) is 17.5. The number of hydrogen-bond donors (Lipinski definition) is 1. The number of halogens is 9. The molecule has 2 aromatic rings. The van der Waals surface area contributed by atoms with Crippen LogP contribution >= 0.6 is 0 Å². The van der Waals surface area contributed by atoms with Crippen LogP contribution in [0, 0.1) is 5.92 Å². The van der Waals surface area contributed by atoms with E-state index in [2.05, 4.69) is 0 Å². The molecular weight excluding hydrogens is 535 g/mol. The lowest BCUT2D eigenvalue weighted by Crippen LogP contribution is -2.48. The number of carbonyl (C=O) groups excluding carboxylic acids is 1. The molecule has 0 aromatic heterocycles. The summed E-state index contributed by atoms with van der Waals surface area (Å²) in [5.74, 6) is -0.164. The molecule has 1 aliphatic heterocycles. The number of fused-ring (bicyclic) bond motifs is 1. The number of alkyl halides is 9. The Kier molecular flexibility index (Phi) is 6.81. The van der Waals surface area contributed by atoms with Crippen LogP contribution in [-0.4, -0.2) is 28.6 Å². The number of rotatable bonds is 5. The van der Waals surface area contributed by atoms with E-state index in [1.54, 1.807) is 0 Å². The molecule has 2 atom stereocenters. The minimum absolute atomic E-state index is 0.0753. The molecule has 4 rings (SSSR count). The normalized spacial score (nSPS) is 20.2. The predicted octanol–water partition coefficient (Wildman–Crippen LogP) is 7.11. The SMILES string of the molecule is O=CN(Cc1cc(C(F)(F)F)cc(C(F)(F)F)c1)C1CC(C2CC2)N(C(=O)O)c2ccc(C(F)(F)F)cc21. The third-order valence-corrected chi connectivity index (χ3v) is 6.69. The molecule has 1 aliphatic carbocycles. The van der Waals surface area contributed by atoms with Gasteiger partial charge >= 0.3 is 24.6 Å². The van der Waals surface area contributed by atoms with Gasteiger partial charge in [-0.25, -0.2) is 4.79 Å². The summed E-state index contributed by atoms with van der Waals surface area (Å²) < 4.78 is 120. The molecular formula is C24H19F9N2O3. The van der Waals surface area contributed by atoms with Gasteiger partial charge in [-0.3, -0.25) is 9.69 Å². The average Bonchev–Trinajstić information content (AvgIpc) is 3.64.